The van der Waals surface area contributed by atoms with Crippen LogP contribution in [0.3, 0.4) is 0 Å². The van der Waals surface area contributed by atoms with Crippen molar-refractivity contribution in [3.05, 3.63) is 82.1 Å². The van der Waals surface area contributed by atoms with Crippen molar-refractivity contribution in [3.63, 3.8) is 0 Å². The monoisotopic (exact) mass is 427 g/mol. The van der Waals surface area contributed by atoms with Crippen LogP contribution in [0.5, 0.6) is 0 Å². The molecule has 154 valence electrons. The summed E-state index contributed by atoms with van der Waals surface area (Å²) in [5.74, 6) is -3.60. The first-order valence-electron chi connectivity index (χ1n) is 9.45. The minimum atomic E-state index is -1.01. The van der Waals surface area contributed by atoms with E-state index in [2.05, 4.69) is 27.7 Å². The van der Waals surface area contributed by atoms with Gasteiger partial charge in [0.05, 0.1) is 11.7 Å². The molecule has 1 aliphatic heterocycles. The molecule has 2 N–H and O–H groups in total. The number of halogens is 2. The van der Waals surface area contributed by atoms with Crippen molar-refractivity contribution in [2.75, 3.05) is 23.3 Å². The van der Waals surface area contributed by atoms with Gasteiger partial charge in [-0.05, 0) is 41.6 Å². The number of carbonyl (C=O) groups excluding carboxylic acids is 2. The first-order valence-corrected chi connectivity index (χ1v) is 10.3. The van der Waals surface area contributed by atoms with Gasteiger partial charge in [-0.2, -0.15) is 0 Å². The summed E-state index contributed by atoms with van der Waals surface area (Å²) in [6, 6.07) is 14.7. The van der Waals surface area contributed by atoms with E-state index in [1.165, 1.54) is 5.56 Å². The van der Waals surface area contributed by atoms with Gasteiger partial charge in [0, 0.05) is 29.7 Å². The van der Waals surface area contributed by atoms with Gasteiger partial charge in [0.1, 0.15) is 11.6 Å². The smallest absolute Gasteiger partial charge is 0.313 e. The lowest BCUT2D eigenvalue weighted by molar-refractivity contribution is -0.136. The van der Waals surface area contributed by atoms with Gasteiger partial charge in [0.25, 0.3) is 0 Å². The summed E-state index contributed by atoms with van der Waals surface area (Å²) in [6.07, 6.45) is 0.913. The topological polar surface area (TPSA) is 61.4 Å². The summed E-state index contributed by atoms with van der Waals surface area (Å²) < 4.78 is 26.7. The minimum absolute atomic E-state index is 0.132. The summed E-state index contributed by atoms with van der Waals surface area (Å²) in [6.45, 7) is 1.03. The first kappa shape index (κ1) is 20.0. The molecule has 0 unspecified atom stereocenters. The highest BCUT2D eigenvalue weighted by molar-refractivity contribution is 7.10. The molecule has 0 radical (unpaired) electrons. The average molecular weight is 427 g/mol. The van der Waals surface area contributed by atoms with Crippen LogP contribution in [0.25, 0.3) is 0 Å². The van der Waals surface area contributed by atoms with E-state index in [1.54, 1.807) is 11.3 Å². The third kappa shape index (κ3) is 4.18. The van der Waals surface area contributed by atoms with Crippen molar-refractivity contribution in [2.45, 2.75) is 12.5 Å². The van der Waals surface area contributed by atoms with Crippen LogP contribution >= 0.6 is 11.3 Å². The number of nitrogens with zero attached hydrogens (tertiary/aromatic N) is 1. The van der Waals surface area contributed by atoms with Gasteiger partial charge in [0.2, 0.25) is 0 Å². The van der Waals surface area contributed by atoms with Gasteiger partial charge >= 0.3 is 11.8 Å². The standard InChI is InChI=1S/C22H19F2N3O2S/c23-15-7-8-17(16(24)12-15)26-22(29)21(28)25-13-19(20-6-3-11-30-20)27-10-9-14-4-1-2-5-18(14)27/h1-8,11-12,19H,9-10,13H2,(H,25,28)(H,26,29)/t19-/m1/s1. The molecule has 0 spiro atoms. The number of nitrogens with one attached hydrogen (secondary N) is 2. The molecule has 30 heavy (non-hydrogen) atoms. The molecule has 2 amide bonds. The van der Waals surface area contributed by atoms with Crippen molar-refractivity contribution in [1.29, 1.82) is 0 Å². The van der Waals surface area contributed by atoms with Crippen molar-refractivity contribution < 1.29 is 18.4 Å². The number of amides is 2. The second-order valence-corrected chi connectivity index (χ2v) is 7.87. The Labute approximate surface area is 176 Å². The van der Waals surface area contributed by atoms with Crippen LogP contribution in [0.15, 0.2) is 60.0 Å². The van der Waals surface area contributed by atoms with Crippen molar-refractivity contribution in [3.8, 4) is 0 Å². The molecule has 0 aliphatic carbocycles. The number of rotatable bonds is 5. The van der Waals surface area contributed by atoms with E-state index in [0.717, 1.165) is 35.7 Å². The van der Waals surface area contributed by atoms with Crippen molar-refractivity contribution >= 4 is 34.5 Å². The SMILES string of the molecule is O=C(NC[C@H](c1cccs1)N1CCc2ccccc21)C(=O)Nc1ccc(F)cc1F. The van der Waals surface area contributed by atoms with Gasteiger partial charge < -0.3 is 15.5 Å². The zero-order valence-electron chi connectivity index (χ0n) is 15.9. The molecule has 5 nitrogen and oxygen atoms in total. The Balaban J connectivity index is 1.45. The average Bonchev–Trinajstić information content (AvgIpc) is 3.41. The minimum Gasteiger partial charge on any atom is -0.361 e. The number of para-hydroxylation sites is 1. The van der Waals surface area contributed by atoms with Crippen LogP contribution < -0.4 is 15.5 Å². The number of hydrogen-bond donors (Lipinski definition) is 2. The number of anilines is 2. The largest absolute Gasteiger partial charge is 0.361 e. The normalized spacial score (nSPS) is 13.6. The summed E-state index contributed by atoms with van der Waals surface area (Å²) >= 11 is 1.58. The lowest BCUT2D eigenvalue weighted by Crippen LogP contribution is -2.41. The summed E-state index contributed by atoms with van der Waals surface area (Å²) in [7, 11) is 0. The fraction of sp³-hybridized carbons (Fsp3) is 0.182. The van der Waals surface area contributed by atoms with Crippen molar-refractivity contribution in [1.82, 2.24) is 5.32 Å². The molecule has 1 atom stereocenters. The Morgan fingerprint density at radius 3 is 2.67 bits per heavy atom. The van der Waals surface area contributed by atoms with E-state index in [-0.39, 0.29) is 18.3 Å². The maximum Gasteiger partial charge on any atom is 0.313 e. The third-order valence-corrected chi connectivity index (χ3v) is 5.99. The quantitative estimate of drug-likeness (QED) is 0.608. The van der Waals surface area contributed by atoms with E-state index >= 15 is 0 Å². The molecule has 4 rings (SSSR count). The second kappa shape index (κ2) is 8.62. The highest BCUT2D eigenvalue weighted by atomic mass is 32.1. The van der Waals surface area contributed by atoms with Crippen LogP contribution in [0, 0.1) is 11.6 Å². The van der Waals surface area contributed by atoms with E-state index in [1.807, 2.05) is 29.6 Å². The molecule has 0 saturated carbocycles. The summed E-state index contributed by atoms with van der Waals surface area (Å²) in [5.41, 5.74) is 2.11. The lowest BCUT2D eigenvalue weighted by atomic mass is 10.1. The maximum atomic E-state index is 13.7. The Bertz CT molecular complexity index is 1070. The van der Waals surface area contributed by atoms with Crippen LogP contribution in [-0.4, -0.2) is 24.9 Å². The number of benzene rings is 2. The van der Waals surface area contributed by atoms with E-state index in [4.69, 9.17) is 0 Å². The molecule has 1 aromatic heterocycles. The van der Waals surface area contributed by atoms with Gasteiger partial charge in [-0.25, -0.2) is 8.78 Å². The fourth-order valence-corrected chi connectivity index (χ4v) is 4.41. The molecular formula is C22H19F2N3O2S. The molecule has 2 heterocycles. The zero-order chi connectivity index (χ0) is 21.1. The number of fused-ring (bicyclic) bond motifs is 1. The molecule has 1 aliphatic rings. The van der Waals surface area contributed by atoms with Crippen LogP contribution in [0.2, 0.25) is 0 Å². The van der Waals surface area contributed by atoms with Crippen LogP contribution in [-0.2, 0) is 16.0 Å². The van der Waals surface area contributed by atoms with Gasteiger partial charge in [-0.1, -0.05) is 24.3 Å². The molecule has 3 aromatic rings. The summed E-state index contributed by atoms with van der Waals surface area (Å²) in [4.78, 5) is 27.8. The second-order valence-electron chi connectivity index (χ2n) is 6.89. The first-order chi connectivity index (χ1) is 14.5. The van der Waals surface area contributed by atoms with Gasteiger partial charge in [-0.3, -0.25) is 9.59 Å². The maximum absolute atomic E-state index is 13.7. The highest BCUT2D eigenvalue weighted by Gasteiger charge is 2.28. The Morgan fingerprint density at radius 1 is 1.07 bits per heavy atom. The van der Waals surface area contributed by atoms with Gasteiger partial charge in [-0.15, -0.1) is 11.3 Å². The number of thiophene rings is 1. The lowest BCUT2D eigenvalue weighted by Gasteiger charge is -2.30. The number of carbonyl (C=O) groups is 2. The molecule has 8 heteroatoms. The predicted molar refractivity (Wildman–Crippen MR) is 113 cm³/mol. The third-order valence-electron chi connectivity index (χ3n) is 5.01. The Kier molecular flexibility index (Phi) is 5.76. The van der Waals surface area contributed by atoms with E-state index in [0.29, 0.717) is 6.07 Å². The highest BCUT2D eigenvalue weighted by Crippen LogP contribution is 2.36. The molecule has 2 aromatic carbocycles. The molecular weight excluding hydrogens is 408 g/mol. The van der Waals surface area contributed by atoms with E-state index in [9.17, 15) is 18.4 Å². The fourth-order valence-electron chi connectivity index (χ4n) is 3.57. The Morgan fingerprint density at radius 2 is 1.90 bits per heavy atom. The molecule has 0 bridgehead atoms. The summed E-state index contributed by atoms with van der Waals surface area (Å²) in [5, 5.41) is 6.79. The Hall–Kier alpha value is -3.26. The molecule has 0 fully saturated rings. The van der Waals surface area contributed by atoms with Crippen LogP contribution in [0.1, 0.15) is 16.5 Å². The number of hydrogen-bond acceptors (Lipinski definition) is 4. The van der Waals surface area contributed by atoms with Crippen molar-refractivity contribution in [2.24, 2.45) is 0 Å². The van der Waals surface area contributed by atoms with Crippen LogP contribution in [0.4, 0.5) is 20.2 Å². The molecule has 0 saturated heterocycles. The zero-order valence-corrected chi connectivity index (χ0v) is 16.7. The van der Waals surface area contributed by atoms with Gasteiger partial charge in [0.15, 0.2) is 0 Å². The predicted octanol–water partition coefficient (Wildman–Crippen LogP) is 3.89. The van der Waals surface area contributed by atoms with E-state index < -0.39 is 23.4 Å².